The number of hydrogen-bond acceptors (Lipinski definition) is 2. The molecule has 0 aromatic heterocycles. The van der Waals surface area contributed by atoms with E-state index in [-0.39, 0.29) is 23.2 Å². The molecule has 0 N–H and O–H groups in total. The fraction of sp³-hybridized carbons (Fsp3) is 1.00. The summed E-state index contributed by atoms with van der Waals surface area (Å²) in [4.78, 5) is 0. The summed E-state index contributed by atoms with van der Waals surface area (Å²) in [6.45, 7) is 13.6. The Hall–Kier alpha value is -0.0800. The second-order valence-corrected chi connectivity index (χ2v) is 5.89. The minimum atomic E-state index is -0.0576. The maximum Gasteiger partial charge on any atom is 0.108 e. The smallest absolute Gasteiger partial charge is 0.108 e. The van der Waals surface area contributed by atoms with Crippen molar-refractivity contribution in [2.45, 2.75) is 59.4 Å². The van der Waals surface area contributed by atoms with Gasteiger partial charge in [0, 0.05) is 0 Å². The van der Waals surface area contributed by atoms with E-state index in [1.165, 1.54) is 0 Å². The Morgan fingerprint density at radius 1 is 1.08 bits per heavy atom. The molecule has 0 aliphatic carbocycles. The summed E-state index contributed by atoms with van der Waals surface area (Å²) < 4.78 is 11.4. The van der Waals surface area contributed by atoms with Gasteiger partial charge >= 0.3 is 0 Å². The average molecular weight is 186 g/mol. The van der Waals surface area contributed by atoms with Gasteiger partial charge in [-0.3, -0.25) is 0 Å². The summed E-state index contributed by atoms with van der Waals surface area (Å²) in [5, 5.41) is 0. The zero-order valence-electron chi connectivity index (χ0n) is 9.68. The molecule has 0 radical (unpaired) electrons. The molecule has 1 fully saturated rings. The third-order valence-electron chi connectivity index (χ3n) is 2.14. The minimum Gasteiger partial charge on any atom is -0.372 e. The molecule has 78 valence electrons. The van der Waals surface area contributed by atoms with Gasteiger partial charge in [0.15, 0.2) is 0 Å². The monoisotopic (exact) mass is 186 g/mol. The molecule has 1 aliphatic heterocycles. The van der Waals surface area contributed by atoms with Crippen molar-refractivity contribution in [2.75, 3.05) is 6.61 Å². The molecule has 0 aromatic rings. The first-order valence-corrected chi connectivity index (χ1v) is 4.99. The van der Waals surface area contributed by atoms with E-state index in [4.69, 9.17) is 9.47 Å². The first-order valence-electron chi connectivity index (χ1n) is 4.99. The maximum atomic E-state index is 5.89. The van der Waals surface area contributed by atoms with E-state index in [0.717, 1.165) is 6.61 Å². The van der Waals surface area contributed by atoms with Gasteiger partial charge in [0.05, 0.1) is 18.3 Å². The van der Waals surface area contributed by atoms with Crippen LogP contribution < -0.4 is 0 Å². The van der Waals surface area contributed by atoms with Crippen LogP contribution in [0.2, 0.25) is 0 Å². The third kappa shape index (κ3) is 2.96. The van der Waals surface area contributed by atoms with Gasteiger partial charge in [-0.1, -0.05) is 20.8 Å². The van der Waals surface area contributed by atoms with Gasteiger partial charge in [-0.15, -0.1) is 0 Å². The molecule has 2 nitrogen and oxygen atoms in total. The van der Waals surface area contributed by atoms with Crippen molar-refractivity contribution >= 4 is 0 Å². The number of ether oxygens (including phenoxy) is 2. The molecule has 1 heterocycles. The lowest BCUT2D eigenvalue weighted by atomic mass is 9.83. The predicted molar refractivity (Wildman–Crippen MR) is 53.8 cm³/mol. The zero-order chi connectivity index (χ0) is 10.3. The highest BCUT2D eigenvalue weighted by molar-refractivity contribution is 4.90. The molecule has 13 heavy (non-hydrogen) atoms. The molecular formula is C11H22O2. The van der Waals surface area contributed by atoms with Crippen molar-refractivity contribution in [3.63, 3.8) is 0 Å². The fourth-order valence-corrected chi connectivity index (χ4v) is 1.63. The molecule has 1 saturated heterocycles. The molecule has 2 atom stereocenters. The molecular weight excluding hydrogens is 164 g/mol. The molecule has 1 rings (SSSR count). The highest BCUT2D eigenvalue weighted by atomic mass is 16.6. The second kappa shape index (κ2) is 3.25. The van der Waals surface area contributed by atoms with Gasteiger partial charge in [-0.05, 0) is 26.2 Å². The molecule has 2 unspecified atom stereocenters. The van der Waals surface area contributed by atoms with Gasteiger partial charge in [-0.2, -0.15) is 0 Å². The molecule has 2 heteroatoms. The summed E-state index contributed by atoms with van der Waals surface area (Å²) in [6, 6.07) is 0. The van der Waals surface area contributed by atoms with Crippen molar-refractivity contribution in [3.05, 3.63) is 0 Å². The Balaban J connectivity index is 2.47. The average Bonchev–Trinajstić information content (AvgIpc) is 1.73. The second-order valence-electron chi connectivity index (χ2n) is 5.89. The van der Waals surface area contributed by atoms with Gasteiger partial charge in [0.2, 0.25) is 0 Å². The summed E-state index contributed by atoms with van der Waals surface area (Å²) in [7, 11) is 0. The predicted octanol–water partition coefficient (Wildman–Crippen LogP) is 2.62. The lowest BCUT2D eigenvalue weighted by molar-refractivity contribution is -0.251. The molecule has 0 amide bonds. The topological polar surface area (TPSA) is 18.5 Å². The van der Waals surface area contributed by atoms with Crippen LogP contribution in [0.25, 0.3) is 0 Å². The van der Waals surface area contributed by atoms with Crippen molar-refractivity contribution in [1.29, 1.82) is 0 Å². The molecule has 0 bridgehead atoms. The normalized spacial score (nSPS) is 30.0. The Morgan fingerprint density at radius 3 is 1.85 bits per heavy atom. The Morgan fingerprint density at radius 2 is 1.62 bits per heavy atom. The Labute approximate surface area is 81.6 Å². The molecule has 1 aliphatic rings. The van der Waals surface area contributed by atoms with Crippen LogP contribution in [0.5, 0.6) is 0 Å². The molecule has 0 saturated carbocycles. The van der Waals surface area contributed by atoms with E-state index in [9.17, 15) is 0 Å². The Kier molecular flexibility index (Phi) is 2.75. The van der Waals surface area contributed by atoms with Crippen LogP contribution in [0.15, 0.2) is 0 Å². The largest absolute Gasteiger partial charge is 0.372 e. The number of rotatable bonds is 1. The van der Waals surface area contributed by atoms with Gasteiger partial charge in [0.25, 0.3) is 0 Å². The summed E-state index contributed by atoms with van der Waals surface area (Å²) in [5.41, 5.74) is 0.131. The van der Waals surface area contributed by atoms with Crippen molar-refractivity contribution in [3.8, 4) is 0 Å². The first kappa shape index (κ1) is 11.0. The summed E-state index contributed by atoms with van der Waals surface area (Å²) >= 11 is 0. The van der Waals surface area contributed by atoms with Crippen LogP contribution in [0.1, 0.15) is 41.5 Å². The van der Waals surface area contributed by atoms with Crippen LogP contribution in [-0.2, 0) is 9.47 Å². The standard InChI is InChI=1S/C11H22O2/c1-10(2,3)9-8(7-12-9)13-11(4,5)6/h8-9H,7H2,1-6H3. The van der Waals surface area contributed by atoms with E-state index >= 15 is 0 Å². The van der Waals surface area contributed by atoms with Crippen molar-refractivity contribution in [2.24, 2.45) is 5.41 Å². The van der Waals surface area contributed by atoms with Gasteiger partial charge < -0.3 is 9.47 Å². The van der Waals surface area contributed by atoms with E-state index in [1.807, 2.05) is 0 Å². The maximum absolute atomic E-state index is 5.89. The minimum absolute atomic E-state index is 0.0576. The lowest BCUT2D eigenvalue weighted by Gasteiger charge is -2.46. The molecule has 0 aromatic carbocycles. The van der Waals surface area contributed by atoms with Crippen LogP contribution in [-0.4, -0.2) is 24.4 Å². The van der Waals surface area contributed by atoms with Crippen LogP contribution in [0.4, 0.5) is 0 Å². The SMILES string of the molecule is CC(C)(C)OC1COC1C(C)(C)C. The zero-order valence-corrected chi connectivity index (χ0v) is 9.68. The quantitative estimate of drug-likeness (QED) is 0.626. The van der Waals surface area contributed by atoms with E-state index in [1.54, 1.807) is 0 Å². The highest BCUT2D eigenvalue weighted by Crippen LogP contribution is 2.34. The summed E-state index contributed by atoms with van der Waals surface area (Å²) in [6.07, 6.45) is 0.534. The van der Waals surface area contributed by atoms with Crippen LogP contribution in [0.3, 0.4) is 0 Å². The van der Waals surface area contributed by atoms with Gasteiger partial charge in [-0.25, -0.2) is 0 Å². The van der Waals surface area contributed by atoms with E-state index in [2.05, 4.69) is 41.5 Å². The van der Waals surface area contributed by atoms with Crippen LogP contribution in [0, 0.1) is 5.41 Å². The van der Waals surface area contributed by atoms with Crippen molar-refractivity contribution < 1.29 is 9.47 Å². The van der Waals surface area contributed by atoms with Gasteiger partial charge in [0.1, 0.15) is 6.10 Å². The lowest BCUT2D eigenvalue weighted by Crippen LogP contribution is -2.55. The van der Waals surface area contributed by atoms with E-state index < -0.39 is 0 Å². The van der Waals surface area contributed by atoms with Crippen molar-refractivity contribution in [1.82, 2.24) is 0 Å². The summed E-state index contributed by atoms with van der Waals surface area (Å²) in [5.74, 6) is 0. The Bertz CT molecular complexity index is 174. The fourth-order valence-electron chi connectivity index (χ4n) is 1.63. The first-order chi connectivity index (χ1) is 5.70. The molecule has 0 spiro atoms. The van der Waals surface area contributed by atoms with Crippen LogP contribution >= 0.6 is 0 Å². The number of hydrogen-bond donors (Lipinski definition) is 0. The van der Waals surface area contributed by atoms with E-state index in [0.29, 0.717) is 0 Å². The highest BCUT2D eigenvalue weighted by Gasteiger charge is 2.43. The third-order valence-corrected chi connectivity index (χ3v) is 2.14.